The van der Waals surface area contributed by atoms with Crippen molar-refractivity contribution in [3.63, 3.8) is 0 Å². The zero-order valence-corrected chi connectivity index (χ0v) is 11.4. The number of carbonyl (C=O) groups is 2. The van der Waals surface area contributed by atoms with Crippen molar-refractivity contribution in [1.82, 2.24) is 4.90 Å². The van der Waals surface area contributed by atoms with Gasteiger partial charge in [0, 0.05) is 12.6 Å². The number of esters is 2. The third kappa shape index (κ3) is 6.26. The molecule has 0 aliphatic rings. The molecule has 100 valence electrons. The van der Waals surface area contributed by atoms with Crippen LogP contribution in [0.5, 0.6) is 0 Å². The largest absolute Gasteiger partial charge is 0.469 e. The number of ether oxygens (including phenoxy) is 2. The predicted molar refractivity (Wildman–Crippen MR) is 64.5 cm³/mol. The van der Waals surface area contributed by atoms with E-state index in [1.807, 2.05) is 18.7 Å². The summed E-state index contributed by atoms with van der Waals surface area (Å²) in [4.78, 5) is 24.6. The second kappa shape index (κ2) is 8.06. The van der Waals surface area contributed by atoms with Gasteiger partial charge < -0.3 is 9.47 Å². The van der Waals surface area contributed by atoms with Crippen LogP contribution < -0.4 is 0 Å². The topological polar surface area (TPSA) is 55.8 Å². The van der Waals surface area contributed by atoms with Crippen molar-refractivity contribution in [2.45, 2.75) is 33.7 Å². The van der Waals surface area contributed by atoms with Crippen LogP contribution in [-0.2, 0) is 19.1 Å². The highest BCUT2D eigenvalue weighted by Crippen LogP contribution is 2.06. The minimum absolute atomic E-state index is 0.173. The van der Waals surface area contributed by atoms with Crippen molar-refractivity contribution < 1.29 is 19.1 Å². The van der Waals surface area contributed by atoms with Crippen LogP contribution in [0, 0.1) is 5.92 Å². The van der Waals surface area contributed by atoms with Gasteiger partial charge in [-0.25, -0.2) is 0 Å². The van der Waals surface area contributed by atoms with Gasteiger partial charge in [-0.2, -0.15) is 0 Å². The van der Waals surface area contributed by atoms with Gasteiger partial charge in [0.2, 0.25) is 0 Å². The molecule has 0 saturated carbocycles. The van der Waals surface area contributed by atoms with Crippen molar-refractivity contribution in [2.24, 2.45) is 5.92 Å². The molecule has 0 spiro atoms. The first-order valence-electron chi connectivity index (χ1n) is 5.89. The van der Waals surface area contributed by atoms with Gasteiger partial charge in [-0.05, 0) is 20.8 Å². The first kappa shape index (κ1) is 15.9. The summed E-state index contributed by atoms with van der Waals surface area (Å²) in [6.07, 6.45) is 0. The lowest BCUT2D eigenvalue weighted by Crippen LogP contribution is -2.41. The average molecular weight is 245 g/mol. The Balaban J connectivity index is 4.34. The summed E-state index contributed by atoms with van der Waals surface area (Å²) >= 11 is 0. The molecule has 0 amide bonds. The molecule has 0 rings (SSSR count). The molecule has 1 atom stereocenters. The van der Waals surface area contributed by atoms with E-state index in [2.05, 4.69) is 4.74 Å². The Morgan fingerprint density at radius 1 is 1.24 bits per heavy atom. The molecule has 0 aromatic carbocycles. The van der Waals surface area contributed by atoms with Gasteiger partial charge in [0.1, 0.15) is 0 Å². The van der Waals surface area contributed by atoms with Crippen LogP contribution in [-0.4, -0.2) is 49.7 Å². The van der Waals surface area contributed by atoms with Crippen LogP contribution in [0.25, 0.3) is 0 Å². The Morgan fingerprint density at radius 2 is 1.82 bits per heavy atom. The molecule has 0 aromatic rings. The third-order valence-electron chi connectivity index (χ3n) is 2.48. The molecular formula is C12H23NO4. The predicted octanol–water partition coefficient (Wildman–Crippen LogP) is 1.07. The lowest BCUT2D eigenvalue weighted by Gasteiger charge is -2.27. The standard InChI is InChI=1S/C12H23NO4/c1-6-17-11(14)8-13(9(2)3)7-10(4)12(15)16-5/h9-10H,6-8H2,1-5H3. The van der Waals surface area contributed by atoms with E-state index in [4.69, 9.17) is 4.74 Å². The Morgan fingerprint density at radius 3 is 2.24 bits per heavy atom. The summed E-state index contributed by atoms with van der Waals surface area (Å²) in [5, 5.41) is 0. The highest BCUT2D eigenvalue weighted by atomic mass is 16.5. The maximum absolute atomic E-state index is 11.4. The first-order valence-corrected chi connectivity index (χ1v) is 5.89. The fourth-order valence-corrected chi connectivity index (χ4v) is 1.46. The Labute approximate surface area is 103 Å². The van der Waals surface area contributed by atoms with Gasteiger partial charge in [0.05, 0.1) is 26.2 Å². The lowest BCUT2D eigenvalue weighted by atomic mass is 10.1. The molecular weight excluding hydrogens is 222 g/mol. The monoisotopic (exact) mass is 245 g/mol. The summed E-state index contributed by atoms with van der Waals surface area (Å²) in [5.41, 5.74) is 0. The second-order valence-corrected chi connectivity index (χ2v) is 4.25. The molecule has 17 heavy (non-hydrogen) atoms. The number of nitrogens with zero attached hydrogens (tertiary/aromatic N) is 1. The summed E-state index contributed by atoms with van der Waals surface area (Å²) < 4.78 is 9.56. The van der Waals surface area contributed by atoms with Gasteiger partial charge in [0.15, 0.2) is 0 Å². The normalized spacial score (nSPS) is 12.6. The van der Waals surface area contributed by atoms with Crippen molar-refractivity contribution in [3.05, 3.63) is 0 Å². The van der Waals surface area contributed by atoms with Gasteiger partial charge >= 0.3 is 11.9 Å². The fraction of sp³-hybridized carbons (Fsp3) is 0.833. The molecule has 5 nitrogen and oxygen atoms in total. The Bertz CT molecular complexity index is 253. The average Bonchev–Trinajstić information content (AvgIpc) is 2.27. The Hall–Kier alpha value is -1.10. The maximum atomic E-state index is 11.4. The SMILES string of the molecule is CCOC(=O)CN(CC(C)C(=O)OC)C(C)C. The van der Waals surface area contributed by atoms with Gasteiger partial charge in [0.25, 0.3) is 0 Å². The zero-order valence-electron chi connectivity index (χ0n) is 11.4. The van der Waals surface area contributed by atoms with E-state index in [1.54, 1.807) is 13.8 Å². The number of methoxy groups -OCH3 is 1. The van der Waals surface area contributed by atoms with Crippen LogP contribution in [0.1, 0.15) is 27.7 Å². The van der Waals surface area contributed by atoms with Gasteiger partial charge in [-0.15, -0.1) is 0 Å². The molecule has 0 radical (unpaired) electrons. The van der Waals surface area contributed by atoms with Crippen LogP contribution in [0.15, 0.2) is 0 Å². The van der Waals surface area contributed by atoms with Crippen LogP contribution in [0.3, 0.4) is 0 Å². The van der Waals surface area contributed by atoms with Crippen LogP contribution >= 0.6 is 0 Å². The third-order valence-corrected chi connectivity index (χ3v) is 2.48. The molecule has 0 aliphatic carbocycles. The van der Waals surface area contributed by atoms with Crippen molar-refractivity contribution in [2.75, 3.05) is 26.8 Å². The van der Waals surface area contributed by atoms with E-state index >= 15 is 0 Å². The first-order chi connectivity index (χ1) is 7.92. The number of rotatable bonds is 7. The smallest absolute Gasteiger partial charge is 0.320 e. The van der Waals surface area contributed by atoms with E-state index in [9.17, 15) is 9.59 Å². The highest BCUT2D eigenvalue weighted by Gasteiger charge is 2.21. The summed E-state index contributed by atoms with van der Waals surface area (Å²) in [5.74, 6) is -0.783. The van der Waals surface area contributed by atoms with Crippen molar-refractivity contribution in [3.8, 4) is 0 Å². The number of hydrogen-bond donors (Lipinski definition) is 0. The number of carbonyl (C=O) groups excluding carboxylic acids is 2. The summed E-state index contributed by atoms with van der Waals surface area (Å²) in [6.45, 7) is 8.57. The molecule has 0 saturated heterocycles. The molecule has 0 heterocycles. The molecule has 5 heteroatoms. The minimum Gasteiger partial charge on any atom is -0.469 e. The van der Waals surface area contributed by atoms with E-state index in [0.29, 0.717) is 13.2 Å². The minimum atomic E-state index is -0.265. The summed E-state index contributed by atoms with van der Waals surface area (Å²) in [7, 11) is 1.36. The molecule has 1 unspecified atom stereocenters. The maximum Gasteiger partial charge on any atom is 0.320 e. The molecule has 0 aliphatic heterocycles. The van der Waals surface area contributed by atoms with Crippen LogP contribution in [0.2, 0.25) is 0 Å². The zero-order chi connectivity index (χ0) is 13.4. The second-order valence-electron chi connectivity index (χ2n) is 4.25. The molecule has 0 N–H and O–H groups in total. The van der Waals surface area contributed by atoms with E-state index < -0.39 is 0 Å². The highest BCUT2D eigenvalue weighted by molar-refractivity contribution is 5.73. The lowest BCUT2D eigenvalue weighted by molar-refractivity contribution is -0.149. The van der Waals surface area contributed by atoms with E-state index in [0.717, 1.165) is 0 Å². The van der Waals surface area contributed by atoms with E-state index in [1.165, 1.54) is 7.11 Å². The van der Waals surface area contributed by atoms with Crippen LogP contribution in [0.4, 0.5) is 0 Å². The quantitative estimate of drug-likeness (QED) is 0.628. The molecule has 0 aromatic heterocycles. The van der Waals surface area contributed by atoms with Crippen molar-refractivity contribution >= 4 is 11.9 Å². The number of hydrogen-bond acceptors (Lipinski definition) is 5. The molecule has 0 bridgehead atoms. The Kier molecular flexibility index (Phi) is 7.54. The fourth-order valence-electron chi connectivity index (χ4n) is 1.46. The molecule has 0 fully saturated rings. The summed E-state index contributed by atoms with van der Waals surface area (Å²) in [6, 6.07) is 0.173. The van der Waals surface area contributed by atoms with Crippen molar-refractivity contribution in [1.29, 1.82) is 0 Å². The van der Waals surface area contributed by atoms with Gasteiger partial charge in [-0.1, -0.05) is 6.92 Å². The van der Waals surface area contributed by atoms with Gasteiger partial charge in [-0.3, -0.25) is 14.5 Å². The van der Waals surface area contributed by atoms with E-state index in [-0.39, 0.29) is 30.4 Å².